The van der Waals surface area contributed by atoms with E-state index in [0.29, 0.717) is 12.3 Å². The Balaban J connectivity index is 1.71. The van der Waals surface area contributed by atoms with E-state index in [1.165, 1.54) is 10.1 Å². The Morgan fingerprint density at radius 2 is 2.08 bits per heavy atom. The zero-order valence-electron chi connectivity index (χ0n) is 13.3. The van der Waals surface area contributed by atoms with Gasteiger partial charge in [0.1, 0.15) is 11.4 Å². The zero-order valence-corrected chi connectivity index (χ0v) is 13.3. The summed E-state index contributed by atoms with van der Waals surface area (Å²) in [7, 11) is 0. The van der Waals surface area contributed by atoms with Gasteiger partial charge in [0.05, 0.1) is 18.5 Å². The first-order chi connectivity index (χ1) is 12.3. The van der Waals surface area contributed by atoms with Crippen LogP contribution in [0.25, 0.3) is 28.0 Å². The smallest absolute Gasteiger partial charge is 0.274 e. The van der Waals surface area contributed by atoms with Crippen LogP contribution in [0.2, 0.25) is 0 Å². The molecule has 0 radical (unpaired) electrons. The predicted molar refractivity (Wildman–Crippen MR) is 93.7 cm³/mol. The third-order valence-electron chi connectivity index (χ3n) is 4.47. The quantitative estimate of drug-likeness (QED) is 0.613. The second-order valence-electron chi connectivity index (χ2n) is 6.00. The maximum atomic E-state index is 12.5. The van der Waals surface area contributed by atoms with Crippen molar-refractivity contribution in [1.82, 2.24) is 19.6 Å². The molecule has 1 aliphatic heterocycles. The molecule has 0 spiro atoms. The number of aromatic amines is 1. The fraction of sp³-hybridized carbons (Fsp3) is 0.105. The molecule has 0 amide bonds. The maximum absolute atomic E-state index is 12.5. The molecule has 0 bridgehead atoms. The molecule has 0 fully saturated rings. The molecule has 6 heteroatoms. The van der Waals surface area contributed by atoms with Gasteiger partial charge in [-0.1, -0.05) is 6.07 Å². The summed E-state index contributed by atoms with van der Waals surface area (Å²) in [6.45, 7) is 0.710. The standard InChI is InChI=1S/C19H14N4O2/c24-18-9-16(12-3-4-17-13(8-12)5-7-25-17)22-19-15(11-21-23(18)19)14-2-1-6-20-10-14/h1-4,6,8-11,22H,5,7H2. The molecular weight excluding hydrogens is 316 g/mol. The van der Waals surface area contributed by atoms with Crippen LogP contribution >= 0.6 is 0 Å². The predicted octanol–water partition coefficient (Wildman–Crippen LogP) is 2.69. The highest BCUT2D eigenvalue weighted by atomic mass is 16.5. The van der Waals surface area contributed by atoms with Gasteiger partial charge in [0.25, 0.3) is 5.56 Å². The molecule has 122 valence electrons. The summed E-state index contributed by atoms with van der Waals surface area (Å²) in [4.78, 5) is 20.0. The van der Waals surface area contributed by atoms with Gasteiger partial charge in [0.15, 0.2) is 0 Å². The fourth-order valence-electron chi connectivity index (χ4n) is 3.23. The van der Waals surface area contributed by atoms with Gasteiger partial charge in [-0.2, -0.15) is 9.61 Å². The number of aromatic nitrogens is 4. The molecule has 4 heterocycles. The van der Waals surface area contributed by atoms with Crippen LogP contribution in [0.5, 0.6) is 5.75 Å². The van der Waals surface area contributed by atoms with Crippen LogP contribution in [0.15, 0.2) is 59.8 Å². The van der Waals surface area contributed by atoms with Gasteiger partial charge < -0.3 is 9.72 Å². The third kappa shape index (κ3) is 2.22. The van der Waals surface area contributed by atoms with Gasteiger partial charge in [-0.15, -0.1) is 0 Å². The lowest BCUT2D eigenvalue weighted by atomic mass is 10.1. The number of rotatable bonds is 2. The van der Waals surface area contributed by atoms with E-state index >= 15 is 0 Å². The Labute approximate surface area is 142 Å². The summed E-state index contributed by atoms with van der Waals surface area (Å²) in [5.41, 5.74) is 5.13. The molecule has 1 aromatic carbocycles. The van der Waals surface area contributed by atoms with Crippen molar-refractivity contribution in [2.24, 2.45) is 0 Å². The van der Waals surface area contributed by atoms with Crippen LogP contribution in [0.4, 0.5) is 0 Å². The van der Waals surface area contributed by atoms with Gasteiger partial charge in [-0.05, 0) is 35.4 Å². The van der Waals surface area contributed by atoms with Gasteiger partial charge in [-0.25, -0.2) is 0 Å². The summed E-state index contributed by atoms with van der Waals surface area (Å²) >= 11 is 0. The van der Waals surface area contributed by atoms with E-state index in [1.54, 1.807) is 24.7 Å². The molecule has 0 saturated heterocycles. The molecule has 4 aromatic rings. The van der Waals surface area contributed by atoms with Gasteiger partial charge in [-0.3, -0.25) is 9.78 Å². The number of nitrogens with one attached hydrogen (secondary N) is 1. The Hall–Kier alpha value is -3.41. The van der Waals surface area contributed by atoms with E-state index in [0.717, 1.165) is 34.6 Å². The molecule has 0 unspecified atom stereocenters. The molecule has 0 atom stereocenters. The second kappa shape index (κ2) is 5.31. The highest BCUT2D eigenvalue weighted by Crippen LogP contribution is 2.30. The molecule has 3 aromatic heterocycles. The van der Waals surface area contributed by atoms with Crippen molar-refractivity contribution in [2.75, 3.05) is 6.61 Å². The first-order valence-corrected chi connectivity index (χ1v) is 8.07. The Bertz CT molecular complexity index is 1150. The first-order valence-electron chi connectivity index (χ1n) is 8.07. The van der Waals surface area contributed by atoms with Crippen molar-refractivity contribution in [3.05, 3.63) is 70.9 Å². The van der Waals surface area contributed by atoms with Gasteiger partial charge in [0.2, 0.25) is 0 Å². The van der Waals surface area contributed by atoms with E-state index < -0.39 is 0 Å². The minimum Gasteiger partial charge on any atom is -0.493 e. The maximum Gasteiger partial charge on any atom is 0.274 e. The zero-order chi connectivity index (χ0) is 16.8. The molecule has 6 nitrogen and oxygen atoms in total. The van der Waals surface area contributed by atoms with Gasteiger partial charge in [0, 0.05) is 36.0 Å². The summed E-state index contributed by atoms with van der Waals surface area (Å²) in [6, 6.07) is 11.4. The fourth-order valence-corrected chi connectivity index (χ4v) is 3.23. The van der Waals surface area contributed by atoms with E-state index in [-0.39, 0.29) is 5.56 Å². The summed E-state index contributed by atoms with van der Waals surface area (Å²) in [6.07, 6.45) is 6.05. The minimum atomic E-state index is -0.171. The number of hydrogen-bond donors (Lipinski definition) is 1. The number of fused-ring (bicyclic) bond motifs is 2. The van der Waals surface area contributed by atoms with Crippen LogP contribution in [0, 0.1) is 0 Å². The summed E-state index contributed by atoms with van der Waals surface area (Å²) < 4.78 is 6.93. The average molecular weight is 330 g/mol. The second-order valence-corrected chi connectivity index (χ2v) is 6.00. The minimum absolute atomic E-state index is 0.171. The number of H-pyrrole nitrogens is 1. The van der Waals surface area contributed by atoms with E-state index in [2.05, 4.69) is 21.1 Å². The Morgan fingerprint density at radius 1 is 1.12 bits per heavy atom. The Morgan fingerprint density at radius 3 is 2.96 bits per heavy atom. The summed E-state index contributed by atoms with van der Waals surface area (Å²) in [5, 5.41) is 4.21. The SMILES string of the molecule is O=c1cc(-c2ccc3c(c2)CCO3)[nH]c2c(-c3cccnc3)cnn12. The normalized spacial score (nSPS) is 13.0. The number of nitrogens with zero attached hydrogens (tertiary/aromatic N) is 3. The molecule has 5 rings (SSSR count). The van der Waals surface area contributed by atoms with E-state index in [9.17, 15) is 4.79 Å². The number of hydrogen-bond acceptors (Lipinski definition) is 4. The topological polar surface area (TPSA) is 72.3 Å². The molecule has 0 saturated carbocycles. The molecule has 1 aliphatic rings. The molecule has 0 aliphatic carbocycles. The van der Waals surface area contributed by atoms with Crippen molar-refractivity contribution in [2.45, 2.75) is 6.42 Å². The Kier molecular flexibility index (Phi) is 2.97. The van der Waals surface area contributed by atoms with Crippen molar-refractivity contribution < 1.29 is 4.74 Å². The van der Waals surface area contributed by atoms with Crippen molar-refractivity contribution in [3.63, 3.8) is 0 Å². The lowest BCUT2D eigenvalue weighted by Crippen LogP contribution is -2.14. The van der Waals surface area contributed by atoms with Crippen LogP contribution in [0.3, 0.4) is 0 Å². The summed E-state index contributed by atoms with van der Waals surface area (Å²) in [5.74, 6) is 0.924. The lowest BCUT2D eigenvalue weighted by Gasteiger charge is -2.06. The van der Waals surface area contributed by atoms with Crippen LogP contribution < -0.4 is 10.3 Å². The largest absolute Gasteiger partial charge is 0.493 e. The monoisotopic (exact) mass is 330 g/mol. The van der Waals surface area contributed by atoms with E-state index in [1.807, 2.05) is 24.3 Å². The molecule has 1 N–H and O–H groups in total. The average Bonchev–Trinajstić information content (AvgIpc) is 3.28. The van der Waals surface area contributed by atoms with Crippen molar-refractivity contribution in [3.8, 4) is 28.1 Å². The van der Waals surface area contributed by atoms with E-state index in [4.69, 9.17) is 4.74 Å². The number of pyridine rings is 1. The van der Waals surface area contributed by atoms with Crippen LogP contribution in [-0.2, 0) is 6.42 Å². The highest BCUT2D eigenvalue weighted by molar-refractivity contribution is 5.78. The van der Waals surface area contributed by atoms with Crippen molar-refractivity contribution >= 4 is 5.65 Å². The van der Waals surface area contributed by atoms with Crippen LogP contribution in [0.1, 0.15) is 5.56 Å². The number of benzene rings is 1. The molecule has 25 heavy (non-hydrogen) atoms. The van der Waals surface area contributed by atoms with Crippen LogP contribution in [-0.4, -0.2) is 26.2 Å². The first kappa shape index (κ1) is 14.0. The third-order valence-corrected chi connectivity index (χ3v) is 4.47. The van der Waals surface area contributed by atoms with Gasteiger partial charge >= 0.3 is 0 Å². The number of ether oxygens (including phenoxy) is 1. The lowest BCUT2D eigenvalue weighted by molar-refractivity contribution is 0.357. The molecular formula is C19H14N4O2. The highest BCUT2D eigenvalue weighted by Gasteiger charge is 2.15. The van der Waals surface area contributed by atoms with Crippen molar-refractivity contribution in [1.29, 1.82) is 0 Å².